The molecule has 0 amide bonds. The minimum atomic E-state index is 0.539. The summed E-state index contributed by atoms with van der Waals surface area (Å²) in [7, 11) is 0. The fourth-order valence-corrected chi connectivity index (χ4v) is 4.05. The molecular formula is C13H25NS. The molecule has 0 bridgehead atoms. The van der Waals surface area contributed by atoms with Crippen LogP contribution in [0.4, 0.5) is 0 Å². The summed E-state index contributed by atoms with van der Waals surface area (Å²) >= 11 is 2.21. The zero-order valence-electron chi connectivity index (χ0n) is 10.2. The van der Waals surface area contributed by atoms with Gasteiger partial charge in [0.15, 0.2) is 0 Å². The highest BCUT2D eigenvalue weighted by atomic mass is 32.2. The van der Waals surface area contributed by atoms with Crippen LogP contribution in [-0.4, -0.2) is 23.1 Å². The molecular weight excluding hydrogens is 202 g/mol. The quantitative estimate of drug-likeness (QED) is 0.746. The molecule has 2 unspecified atom stereocenters. The smallest absolute Gasteiger partial charge is 0.0285 e. The Morgan fingerprint density at radius 1 is 1.47 bits per heavy atom. The van der Waals surface area contributed by atoms with Crippen molar-refractivity contribution in [1.29, 1.82) is 0 Å². The van der Waals surface area contributed by atoms with Crippen molar-refractivity contribution >= 4 is 11.8 Å². The average molecular weight is 227 g/mol. The monoisotopic (exact) mass is 227 g/mol. The predicted molar refractivity (Wildman–Crippen MR) is 69.5 cm³/mol. The van der Waals surface area contributed by atoms with Gasteiger partial charge in [-0.25, -0.2) is 0 Å². The summed E-state index contributed by atoms with van der Waals surface area (Å²) in [5, 5.41) is 3.80. The van der Waals surface area contributed by atoms with E-state index in [1.54, 1.807) is 0 Å². The molecule has 1 saturated carbocycles. The number of nitrogens with one attached hydrogen (secondary N) is 1. The van der Waals surface area contributed by atoms with Gasteiger partial charge in [-0.2, -0.15) is 11.8 Å². The highest BCUT2D eigenvalue weighted by Gasteiger charge is 2.40. The van der Waals surface area contributed by atoms with Crippen molar-refractivity contribution < 1.29 is 0 Å². The van der Waals surface area contributed by atoms with Crippen LogP contribution in [0, 0.1) is 5.92 Å². The Labute approximate surface area is 98.8 Å². The Kier molecular flexibility index (Phi) is 4.00. The second kappa shape index (κ2) is 5.09. The topological polar surface area (TPSA) is 12.0 Å². The lowest BCUT2D eigenvalue weighted by atomic mass is 9.92. The van der Waals surface area contributed by atoms with E-state index in [-0.39, 0.29) is 0 Å². The Balaban J connectivity index is 1.89. The van der Waals surface area contributed by atoms with Gasteiger partial charge < -0.3 is 5.32 Å². The van der Waals surface area contributed by atoms with Crippen LogP contribution in [-0.2, 0) is 0 Å². The third kappa shape index (κ3) is 3.13. The molecule has 1 saturated heterocycles. The van der Waals surface area contributed by atoms with Crippen molar-refractivity contribution in [2.24, 2.45) is 5.92 Å². The number of hydrogen-bond acceptors (Lipinski definition) is 2. The van der Waals surface area contributed by atoms with Crippen LogP contribution in [0.5, 0.6) is 0 Å². The first-order chi connectivity index (χ1) is 7.24. The van der Waals surface area contributed by atoms with E-state index in [2.05, 4.69) is 30.9 Å². The van der Waals surface area contributed by atoms with Gasteiger partial charge in [-0.3, -0.25) is 0 Å². The molecule has 2 heteroatoms. The van der Waals surface area contributed by atoms with Crippen LogP contribution in [0.3, 0.4) is 0 Å². The zero-order chi connectivity index (χ0) is 10.7. The van der Waals surface area contributed by atoms with Crippen molar-refractivity contribution in [3.8, 4) is 0 Å². The molecule has 2 atom stereocenters. The Morgan fingerprint density at radius 3 is 2.80 bits per heavy atom. The zero-order valence-corrected chi connectivity index (χ0v) is 11.0. The predicted octanol–water partition coefficient (Wildman–Crippen LogP) is 3.44. The molecule has 0 aromatic carbocycles. The summed E-state index contributed by atoms with van der Waals surface area (Å²) in [6.45, 7) is 5.96. The molecule has 1 nitrogen and oxygen atoms in total. The van der Waals surface area contributed by atoms with Gasteiger partial charge in [-0.05, 0) is 50.8 Å². The normalized spacial score (nSPS) is 33.2. The van der Waals surface area contributed by atoms with Crippen LogP contribution in [0.2, 0.25) is 0 Å². The van der Waals surface area contributed by atoms with E-state index < -0.39 is 0 Å². The maximum atomic E-state index is 3.80. The Hall–Kier alpha value is 0.310. The molecule has 1 N–H and O–H groups in total. The van der Waals surface area contributed by atoms with E-state index >= 15 is 0 Å². The lowest BCUT2D eigenvalue weighted by Crippen LogP contribution is -2.45. The standard InChI is InChI=1S/C13H25NS/c1-3-8-14-12(10-11-5-6-11)13(2)7-4-9-15-13/h11-12,14H,3-10H2,1-2H3. The van der Waals surface area contributed by atoms with E-state index in [0.717, 1.165) is 12.0 Å². The molecule has 2 aliphatic rings. The molecule has 0 radical (unpaired) electrons. The van der Waals surface area contributed by atoms with Crippen LogP contribution < -0.4 is 5.32 Å². The number of thioether (sulfide) groups is 1. The fourth-order valence-electron chi connectivity index (χ4n) is 2.63. The van der Waals surface area contributed by atoms with Crippen molar-refractivity contribution in [3.05, 3.63) is 0 Å². The summed E-state index contributed by atoms with van der Waals surface area (Å²) in [6.07, 6.45) is 8.53. The lowest BCUT2D eigenvalue weighted by Gasteiger charge is -2.34. The first kappa shape index (κ1) is 11.8. The van der Waals surface area contributed by atoms with E-state index in [4.69, 9.17) is 0 Å². The molecule has 15 heavy (non-hydrogen) atoms. The molecule has 0 aromatic rings. The van der Waals surface area contributed by atoms with Crippen molar-refractivity contribution in [3.63, 3.8) is 0 Å². The minimum Gasteiger partial charge on any atom is -0.313 e. The third-order valence-electron chi connectivity index (χ3n) is 3.89. The molecule has 1 aliphatic carbocycles. The van der Waals surface area contributed by atoms with Crippen LogP contribution in [0.1, 0.15) is 52.4 Å². The van der Waals surface area contributed by atoms with Crippen LogP contribution in [0.25, 0.3) is 0 Å². The maximum Gasteiger partial charge on any atom is 0.0285 e. The summed E-state index contributed by atoms with van der Waals surface area (Å²) < 4.78 is 0.539. The minimum absolute atomic E-state index is 0.539. The van der Waals surface area contributed by atoms with Crippen molar-refractivity contribution in [1.82, 2.24) is 5.32 Å². The van der Waals surface area contributed by atoms with E-state index in [9.17, 15) is 0 Å². The molecule has 1 heterocycles. The maximum absolute atomic E-state index is 3.80. The third-order valence-corrected chi connectivity index (χ3v) is 5.53. The van der Waals surface area contributed by atoms with Gasteiger partial charge in [0.05, 0.1) is 0 Å². The molecule has 88 valence electrons. The molecule has 0 aromatic heterocycles. The highest BCUT2D eigenvalue weighted by molar-refractivity contribution is 8.00. The first-order valence-corrected chi connectivity index (χ1v) is 7.60. The average Bonchev–Trinajstić information content (AvgIpc) is 2.94. The SMILES string of the molecule is CCCNC(CC1CC1)C1(C)CCCS1. The van der Waals surface area contributed by atoms with Gasteiger partial charge in [0.2, 0.25) is 0 Å². The molecule has 0 spiro atoms. The molecule has 2 fully saturated rings. The van der Waals surface area contributed by atoms with E-state index in [0.29, 0.717) is 4.75 Å². The van der Waals surface area contributed by atoms with Gasteiger partial charge in [0, 0.05) is 10.8 Å². The van der Waals surface area contributed by atoms with Crippen molar-refractivity contribution in [2.45, 2.75) is 63.2 Å². The van der Waals surface area contributed by atoms with Gasteiger partial charge in [0.1, 0.15) is 0 Å². The first-order valence-electron chi connectivity index (χ1n) is 6.62. The van der Waals surface area contributed by atoms with E-state index in [1.165, 1.54) is 50.8 Å². The van der Waals surface area contributed by atoms with E-state index in [1.807, 2.05) is 0 Å². The summed E-state index contributed by atoms with van der Waals surface area (Å²) in [4.78, 5) is 0. The van der Waals surface area contributed by atoms with Gasteiger partial charge in [-0.1, -0.05) is 19.8 Å². The fraction of sp³-hybridized carbons (Fsp3) is 1.00. The number of hydrogen-bond donors (Lipinski definition) is 1. The molecule has 1 aliphatic heterocycles. The van der Waals surface area contributed by atoms with Gasteiger partial charge in [0.25, 0.3) is 0 Å². The van der Waals surface area contributed by atoms with Crippen LogP contribution >= 0.6 is 11.8 Å². The molecule has 2 rings (SSSR count). The second-order valence-corrected chi connectivity index (χ2v) is 7.08. The van der Waals surface area contributed by atoms with Crippen molar-refractivity contribution in [2.75, 3.05) is 12.3 Å². The largest absolute Gasteiger partial charge is 0.313 e. The Morgan fingerprint density at radius 2 is 2.27 bits per heavy atom. The highest BCUT2D eigenvalue weighted by Crippen LogP contribution is 2.45. The second-order valence-electron chi connectivity index (χ2n) is 5.45. The summed E-state index contributed by atoms with van der Waals surface area (Å²) in [6, 6.07) is 0.775. The number of rotatable bonds is 6. The van der Waals surface area contributed by atoms with Crippen LogP contribution in [0.15, 0.2) is 0 Å². The lowest BCUT2D eigenvalue weighted by molar-refractivity contribution is 0.366. The Bertz CT molecular complexity index is 195. The summed E-state index contributed by atoms with van der Waals surface area (Å²) in [5.41, 5.74) is 0. The summed E-state index contributed by atoms with van der Waals surface area (Å²) in [5.74, 6) is 2.43. The van der Waals surface area contributed by atoms with Gasteiger partial charge >= 0.3 is 0 Å². The van der Waals surface area contributed by atoms with Gasteiger partial charge in [-0.15, -0.1) is 0 Å².